The van der Waals surface area contributed by atoms with E-state index in [4.69, 9.17) is 0 Å². The first kappa shape index (κ1) is 21.3. The van der Waals surface area contributed by atoms with Crippen molar-refractivity contribution in [3.05, 3.63) is 27.1 Å². The number of hydrogen-bond acceptors (Lipinski definition) is 6. The van der Waals surface area contributed by atoms with Crippen LogP contribution in [0.5, 0.6) is 0 Å². The highest BCUT2D eigenvalue weighted by Gasteiger charge is 2.30. The third kappa shape index (κ3) is 6.00. The molecule has 0 saturated carbocycles. The number of nitro groups is 1. The van der Waals surface area contributed by atoms with Gasteiger partial charge in [-0.15, -0.1) is 0 Å². The summed E-state index contributed by atoms with van der Waals surface area (Å²) in [4.78, 5) is 39.4. The van der Waals surface area contributed by atoms with Crippen molar-refractivity contribution in [3.8, 4) is 0 Å². The molecule has 0 radical (unpaired) electrons. The molecule has 2 rings (SSSR count). The summed E-state index contributed by atoms with van der Waals surface area (Å²) in [6, 6.07) is 2.85. The molecule has 1 aliphatic rings. The number of nitrogens with one attached hydrogen (secondary N) is 1. The third-order valence-corrected chi connectivity index (χ3v) is 5.65. The number of likely N-dealkylation sites (tertiary alicyclic amines) is 1. The van der Waals surface area contributed by atoms with E-state index in [1.165, 1.54) is 12.1 Å². The second kappa shape index (κ2) is 8.79. The van der Waals surface area contributed by atoms with Gasteiger partial charge in [0.25, 0.3) is 5.91 Å². The lowest BCUT2D eigenvalue weighted by Crippen LogP contribution is -2.45. The Morgan fingerprint density at radius 3 is 2.48 bits per heavy atom. The molecule has 1 fully saturated rings. The molecular weight excluding hydrogens is 368 g/mol. The number of rotatable bonds is 7. The van der Waals surface area contributed by atoms with Gasteiger partial charge in [-0.3, -0.25) is 19.7 Å². The van der Waals surface area contributed by atoms with Crippen LogP contribution in [0, 0.1) is 21.4 Å². The zero-order valence-electron chi connectivity index (χ0n) is 16.4. The van der Waals surface area contributed by atoms with E-state index >= 15 is 0 Å². The Labute approximate surface area is 163 Å². The molecule has 1 N–H and O–H groups in total. The summed E-state index contributed by atoms with van der Waals surface area (Å²) < 4.78 is 0. The number of piperidine rings is 1. The van der Waals surface area contributed by atoms with Gasteiger partial charge in [-0.05, 0) is 38.4 Å². The largest absolute Gasteiger partial charge is 0.355 e. The van der Waals surface area contributed by atoms with Crippen molar-refractivity contribution in [3.63, 3.8) is 0 Å². The summed E-state index contributed by atoms with van der Waals surface area (Å²) in [5.41, 5.74) is -0.0102. The van der Waals surface area contributed by atoms with Crippen LogP contribution in [0.2, 0.25) is 0 Å². The number of thiophene rings is 1. The Bertz CT molecular complexity index is 693. The lowest BCUT2D eigenvalue weighted by Gasteiger charge is -2.33. The van der Waals surface area contributed by atoms with Crippen LogP contribution in [0.4, 0.5) is 5.00 Å². The van der Waals surface area contributed by atoms with Crippen LogP contribution < -0.4 is 5.32 Å². The Hall–Kier alpha value is -2.00. The standard InChI is InChI=1S/C18H28N4O4S/c1-18(2,12-20(3)4)11-19-16(23)13-7-9-21(10-8-13)17(24)14-5-6-15(27-14)22(25)26/h5-6,13H,7-12H2,1-4H3,(H,19,23). The summed E-state index contributed by atoms with van der Waals surface area (Å²) in [6.45, 7) is 6.71. The highest BCUT2D eigenvalue weighted by atomic mass is 32.1. The van der Waals surface area contributed by atoms with E-state index in [-0.39, 0.29) is 28.1 Å². The van der Waals surface area contributed by atoms with Crippen molar-refractivity contribution >= 4 is 28.2 Å². The molecule has 0 aliphatic carbocycles. The molecule has 8 nitrogen and oxygen atoms in total. The van der Waals surface area contributed by atoms with Crippen LogP contribution in [-0.2, 0) is 4.79 Å². The molecule has 0 unspecified atom stereocenters. The lowest BCUT2D eigenvalue weighted by atomic mass is 9.91. The molecular formula is C18H28N4O4S. The van der Waals surface area contributed by atoms with E-state index in [0.717, 1.165) is 17.9 Å². The van der Waals surface area contributed by atoms with Crippen LogP contribution in [0.15, 0.2) is 12.1 Å². The first-order chi connectivity index (χ1) is 12.6. The van der Waals surface area contributed by atoms with Gasteiger partial charge in [-0.1, -0.05) is 25.2 Å². The average molecular weight is 397 g/mol. The zero-order chi connectivity index (χ0) is 20.2. The highest BCUT2D eigenvalue weighted by Crippen LogP contribution is 2.27. The molecule has 9 heteroatoms. The van der Waals surface area contributed by atoms with E-state index in [1.807, 2.05) is 14.1 Å². The molecule has 0 bridgehead atoms. The topological polar surface area (TPSA) is 95.8 Å². The maximum atomic E-state index is 12.5. The molecule has 27 heavy (non-hydrogen) atoms. The van der Waals surface area contributed by atoms with E-state index in [9.17, 15) is 19.7 Å². The second-order valence-corrected chi connectivity index (χ2v) is 9.14. The Morgan fingerprint density at radius 2 is 1.96 bits per heavy atom. The molecule has 0 atom stereocenters. The number of carbonyl (C=O) groups is 2. The van der Waals surface area contributed by atoms with E-state index in [2.05, 4.69) is 24.1 Å². The molecule has 1 aliphatic heterocycles. The molecule has 2 amide bonds. The van der Waals surface area contributed by atoms with Crippen molar-refractivity contribution < 1.29 is 14.5 Å². The van der Waals surface area contributed by atoms with Crippen molar-refractivity contribution in [2.24, 2.45) is 11.3 Å². The maximum Gasteiger partial charge on any atom is 0.324 e. The first-order valence-electron chi connectivity index (χ1n) is 9.05. The van der Waals surface area contributed by atoms with Gasteiger partial charge in [-0.2, -0.15) is 0 Å². The van der Waals surface area contributed by atoms with Crippen molar-refractivity contribution in [1.82, 2.24) is 15.1 Å². The molecule has 1 aromatic rings. The van der Waals surface area contributed by atoms with Gasteiger partial charge >= 0.3 is 5.00 Å². The SMILES string of the molecule is CN(C)CC(C)(C)CNC(=O)C1CCN(C(=O)c2ccc([N+](=O)[O-])s2)CC1. The Kier molecular flexibility index (Phi) is 6.94. The van der Waals surface area contributed by atoms with Crippen LogP contribution in [0.3, 0.4) is 0 Å². The maximum absolute atomic E-state index is 12.5. The quantitative estimate of drug-likeness (QED) is 0.563. The fourth-order valence-corrected chi connectivity index (χ4v) is 4.21. The van der Waals surface area contributed by atoms with Crippen molar-refractivity contribution in [1.29, 1.82) is 0 Å². The predicted molar refractivity (Wildman–Crippen MR) is 105 cm³/mol. The molecule has 2 heterocycles. The summed E-state index contributed by atoms with van der Waals surface area (Å²) in [5, 5.41) is 13.8. The van der Waals surface area contributed by atoms with Crippen molar-refractivity contribution in [2.75, 3.05) is 40.3 Å². The normalized spacial score (nSPS) is 15.8. The number of nitrogens with zero attached hydrogens (tertiary/aromatic N) is 3. The van der Waals surface area contributed by atoms with Gasteiger partial charge in [0.1, 0.15) is 0 Å². The van der Waals surface area contributed by atoms with Gasteiger partial charge < -0.3 is 15.1 Å². The van der Waals surface area contributed by atoms with Crippen LogP contribution in [0.1, 0.15) is 36.4 Å². The summed E-state index contributed by atoms with van der Waals surface area (Å²) in [5.74, 6) is -0.248. The fraction of sp³-hybridized carbons (Fsp3) is 0.667. The Morgan fingerprint density at radius 1 is 1.33 bits per heavy atom. The summed E-state index contributed by atoms with van der Waals surface area (Å²) >= 11 is 0.892. The Balaban J connectivity index is 1.82. The summed E-state index contributed by atoms with van der Waals surface area (Å²) in [7, 11) is 4.02. The number of amides is 2. The van der Waals surface area contributed by atoms with Gasteiger partial charge in [0, 0.05) is 38.2 Å². The van der Waals surface area contributed by atoms with Gasteiger partial charge in [-0.25, -0.2) is 0 Å². The molecule has 1 aromatic heterocycles. The van der Waals surface area contributed by atoms with E-state index in [0.29, 0.717) is 37.4 Å². The average Bonchev–Trinajstić information content (AvgIpc) is 3.08. The van der Waals surface area contributed by atoms with E-state index < -0.39 is 4.92 Å². The van der Waals surface area contributed by atoms with Gasteiger partial charge in [0.2, 0.25) is 5.91 Å². The number of hydrogen-bond donors (Lipinski definition) is 1. The molecule has 0 aromatic carbocycles. The minimum Gasteiger partial charge on any atom is -0.355 e. The first-order valence-corrected chi connectivity index (χ1v) is 9.86. The highest BCUT2D eigenvalue weighted by molar-refractivity contribution is 7.17. The van der Waals surface area contributed by atoms with Crippen molar-refractivity contribution in [2.45, 2.75) is 26.7 Å². The summed E-state index contributed by atoms with van der Waals surface area (Å²) in [6.07, 6.45) is 1.22. The molecule has 1 saturated heterocycles. The lowest BCUT2D eigenvalue weighted by molar-refractivity contribution is -0.380. The van der Waals surface area contributed by atoms with Crippen LogP contribution in [0.25, 0.3) is 0 Å². The van der Waals surface area contributed by atoms with Gasteiger partial charge in [0.05, 0.1) is 9.80 Å². The van der Waals surface area contributed by atoms with Gasteiger partial charge in [0.15, 0.2) is 0 Å². The van der Waals surface area contributed by atoms with Crippen LogP contribution in [-0.4, -0.2) is 66.8 Å². The molecule has 150 valence electrons. The fourth-order valence-electron chi connectivity index (χ4n) is 3.42. The predicted octanol–water partition coefficient (Wildman–Crippen LogP) is 2.21. The van der Waals surface area contributed by atoms with Crippen LogP contribution >= 0.6 is 11.3 Å². The number of carbonyl (C=O) groups excluding carboxylic acids is 2. The zero-order valence-corrected chi connectivity index (χ0v) is 17.2. The molecule has 0 spiro atoms. The smallest absolute Gasteiger partial charge is 0.324 e. The minimum atomic E-state index is -0.490. The minimum absolute atomic E-state index is 0.0102. The third-order valence-electron chi connectivity index (χ3n) is 4.62. The van der Waals surface area contributed by atoms with E-state index in [1.54, 1.807) is 4.90 Å². The second-order valence-electron chi connectivity index (χ2n) is 8.08. The monoisotopic (exact) mass is 396 g/mol.